The summed E-state index contributed by atoms with van der Waals surface area (Å²) in [5.41, 5.74) is 3.24. The number of carboxylic acids is 1. The summed E-state index contributed by atoms with van der Waals surface area (Å²) in [6.45, 7) is 6.09. The Hall–Kier alpha value is -5.38. The molecule has 0 saturated heterocycles. The van der Waals surface area contributed by atoms with Crippen molar-refractivity contribution in [3.05, 3.63) is 120 Å². The number of hydrogen-bond donors (Lipinski definition) is 1. The van der Waals surface area contributed by atoms with Crippen LogP contribution >= 0.6 is 0 Å². The van der Waals surface area contributed by atoms with Crippen molar-refractivity contribution in [1.82, 2.24) is 14.8 Å². The van der Waals surface area contributed by atoms with E-state index in [9.17, 15) is 23.1 Å². The van der Waals surface area contributed by atoms with Gasteiger partial charge in [0.2, 0.25) is 0 Å². The topological polar surface area (TPSA) is 86.5 Å². The Kier molecular flexibility index (Phi) is 8.03. The van der Waals surface area contributed by atoms with Crippen LogP contribution in [0.1, 0.15) is 34.2 Å². The molecule has 10 heteroatoms. The lowest BCUT2D eigenvalue weighted by Crippen LogP contribution is -2.14. The van der Waals surface area contributed by atoms with E-state index in [1.54, 1.807) is 25.3 Å². The lowest BCUT2D eigenvalue weighted by molar-refractivity contribution is -0.142. The predicted molar refractivity (Wildman–Crippen MR) is 156 cm³/mol. The first-order valence-electron chi connectivity index (χ1n) is 13.1. The van der Waals surface area contributed by atoms with Crippen LogP contribution in [0.4, 0.5) is 13.2 Å². The van der Waals surface area contributed by atoms with E-state index in [4.69, 9.17) is 9.47 Å². The van der Waals surface area contributed by atoms with Gasteiger partial charge in [0.05, 0.1) is 12.8 Å². The first-order valence-corrected chi connectivity index (χ1v) is 13.1. The lowest BCUT2D eigenvalue weighted by atomic mass is 10.0. The molecule has 2 aromatic heterocycles. The molecule has 1 N–H and O–H groups in total. The summed E-state index contributed by atoms with van der Waals surface area (Å²) in [5, 5.41) is 12.9. The van der Waals surface area contributed by atoms with Gasteiger partial charge in [-0.15, -0.1) is 0 Å². The maximum atomic E-state index is 13.7. The quantitative estimate of drug-likeness (QED) is 0.189. The molecule has 2 heterocycles. The molecule has 0 spiro atoms. The number of allylic oxidation sites excluding steroid dienone is 1. The highest BCUT2D eigenvalue weighted by molar-refractivity contribution is 5.85. The molecule has 0 bridgehead atoms. The van der Waals surface area contributed by atoms with Gasteiger partial charge in [-0.05, 0) is 59.5 Å². The minimum Gasteiger partial charge on any atom is -0.497 e. The second kappa shape index (κ2) is 11.8. The fourth-order valence-electron chi connectivity index (χ4n) is 4.52. The number of ether oxygens (including phenoxy) is 2. The molecule has 0 aliphatic heterocycles. The highest BCUT2D eigenvalue weighted by Crippen LogP contribution is 2.37. The molecule has 5 rings (SSSR count). The zero-order valence-electron chi connectivity index (χ0n) is 23.2. The van der Waals surface area contributed by atoms with Gasteiger partial charge in [0.1, 0.15) is 18.1 Å². The average Bonchev–Trinajstić information content (AvgIpc) is 3.47. The van der Waals surface area contributed by atoms with E-state index in [1.165, 1.54) is 12.1 Å². The van der Waals surface area contributed by atoms with Crippen LogP contribution in [0, 0.1) is 0 Å². The Bertz CT molecular complexity index is 1790. The molecule has 0 radical (unpaired) electrons. The van der Waals surface area contributed by atoms with Gasteiger partial charge >= 0.3 is 12.1 Å². The third-order valence-electron chi connectivity index (χ3n) is 6.68. The molecule has 43 heavy (non-hydrogen) atoms. The number of aromatic carboxylic acids is 1. The van der Waals surface area contributed by atoms with Crippen LogP contribution in [0.2, 0.25) is 0 Å². The lowest BCUT2D eigenvalue weighted by Gasteiger charge is -2.17. The molecule has 218 valence electrons. The average molecular weight is 586 g/mol. The third kappa shape index (κ3) is 6.28. The molecule has 0 aliphatic rings. The van der Waals surface area contributed by atoms with E-state index in [2.05, 4.69) is 16.7 Å². The summed E-state index contributed by atoms with van der Waals surface area (Å²) in [4.78, 5) is 15.8. The van der Waals surface area contributed by atoms with Crippen molar-refractivity contribution in [3.63, 3.8) is 0 Å². The Morgan fingerprint density at radius 2 is 1.60 bits per heavy atom. The van der Waals surface area contributed by atoms with Gasteiger partial charge in [-0.3, -0.25) is 0 Å². The number of pyridine rings is 1. The zero-order chi connectivity index (χ0) is 30.7. The molecule has 3 aromatic carbocycles. The third-order valence-corrected chi connectivity index (χ3v) is 6.68. The number of alkyl halides is 3. The summed E-state index contributed by atoms with van der Waals surface area (Å²) >= 11 is 0. The zero-order valence-corrected chi connectivity index (χ0v) is 23.2. The number of carboxylic acid groups (broad SMARTS) is 1. The van der Waals surface area contributed by atoms with E-state index < -0.39 is 23.5 Å². The standard InChI is InChI=1S/C33H26F3N3O4/c1-20(2)25-6-4-7-26(27-8-5-9-30(37-27)39-29(33(34,35)36)18-28(38-39)32(40)41)31(25)43-19-21-10-12-22(13-11-21)23-14-16-24(42-3)17-15-23/h4-18H,1,19H2,2-3H3,(H,40,41). The number of benzene rings is 3. The maximum absolute atomic E-state index is 13.7. The number of rotatable bonds is 9. The van der Waals surface area contributed by atoms with Crippen LogP contribution in [0.5, 0.6) is 11.5 Å². The minimum atomic E-state index is -4.85. The largest absolute Gasteiger partial charge is 0.497 e. The van der Waals surface area contributed by atoms with Crippen LogP contribution < -0.4 is 9.47 Å². The Morgan fingerprint density at radius 3 is 2.21 bits per heavy atom. The minimum absolute atomic E-state index is 0.196. The molecule has 0 fully saturated rings. The summed E-state index contributed by atoms with van der Waals surface area (Å²) in [7, 11) is 1.62. The van der Waals surface area contributed by atoms with Gasteiger partial charge in [0.15, 0.2) is 17.2 Å². The number of nitrogens with zero attached hydrogens (tertiary/aromatic N) is 3. The van der Waals surface area contributed by atoms with Gasteiger partial charge in [0.25, 0.3) is 0 Å². The van der Waals surface area contributed by atoms with Gasteiger partial charge in [-0.2, -0.15) is 18.3 Å². The number of halogens is 3. The van der Waals surface area contributed by atoms with E-state index in [0.717, 1.165) is 28.0 Å². The number of aromatic nitrogens is 3. The summed E-state index contributed by atoms with van der Waals surface area (Å²) in [5.74, 6) is -0.543. The fourth-order valence-corrected chi connectivity index (χ4v) is 4.52. The van der Waals surface area contributed by atoms with Gasteiger partial charge in [-0.25, -0.2) is 14.5 Å². The molecule has 0 amide bonds. The smallest absolute Gasteiger partial charge is 0.433 e. The van der Waals surface area contributed by atoms with E-state index in [1.807, 2.05) is 61.5 Å². The fraction of sp³-hybridized carbons (Fsp3) is 0.121. The highest BCUT2D eigenvalue weighted by Gasteiger charge is 2.37. The molecule has 0 aliphatic carbocycles. The highest BCUT2D eigenvalue weighted by atomic mass is 19.4. The molecular weight excluding hydrogens is 559 g/mol. The van der Waals surface area contributed by atoms with Crippen molar-refractivity contribution in [2.75, 3.05) is 7.11 Å². The molecule has 7 nitrogen and oxygen atoms in total. The van der Waals surface area contributed by atoms with Gasteiger partial charge < -0.3 is 14.6 Å². The van der Waals surface area contributed by atoms with Crippen molar-refractivity contribution >= 4 is 11.5 Å². The molecule has 0 atom stereocenters. The predicted octanol–water partition coefficient (Wildman–Crippen LogP) is 7.94. The second-order valence-corrected chi connectivity index (χ2v) is 9.69. The molecular formula is C33H26F3N3O4. The van der Waals surface area contributed by atoms with Crippen molar-refractivity contribution in [1.29, 1.82) is 0 Å². The Labute approximate surface area is 245 Å². The monoisotopic (exact) mass is 585 g/mol. The van der Waals surface area contributed by atoms with E-state index in [0.29, 0.717) is 33.3 Å². The van der Waals surface area contributed by atoms with Crippen molar-refractivity contribution in [2.24, 2.45) is 0 Å². The molecule has 0 saturated carbocycles. The summed E-state index contributed by atoms with van der Waals surface area (Å²) < 4.78 is 53.2. The summed E-state index contributed by atoms with van der Waals surface area (Å²) in [6, 6.07) is 26.0. The first kappa shape index (κ1) is 29.1. The normalized spacial score (nSPS) is 11.3. The molecule has 0 unspecified atom stereocenters. The van der Waals surface area contributed by atoms with E-state index >= 15 is 0 Å². The van der Waals surface area contributed by atoms with E-state index in [-0.39, 0.29) is 12.4 Å². The Balaban J connectivity index is 1.47. The number of para-hydroxylation sites is 1. The number of methoxy groups -OCH3 is 1. The molecule has 5 aromatic rings. The summed E-state index contributed by atoms with van der Waals surface area (Å²) in [6.07, 6.45) is -4.85. The van der Waals surface area contributed by atoms with Crippen LogP contribution in [0.25, 0.3) is 33.8 Å². The van der Waals surface area contributed by atoms with Gasteiger partial charge in [-0.1, -0.05) is 61.2 Å². The van der Waals surface area contributed by atoms with Crippen LogP contribution in [-0.4, -0.2) is 33.0 Å². The van der Waals surface area contributed by atoms with Crippen LogP contribution in [-0.2, 0) is 12.8 Å². The second-order valence-electron chi connectivity index (χ2n) is 9.69. The van der Waals surface area contributed by atoms with Crippen molar-refractivity contribution in [2.45, 2.75) is 19.7 Å². The maximum Gasteiger partial charge on any atom is 0.433 e. The number of hydrogen-bond acceptors (Lipinski definition) is 5. The Morgan fingerprint density at radius 1 is 0.953 bits per heavy atom. The van der Waals surface area contributed by atoms with Crippen molar-refractivity contribution < 1.29 is 32.5 Å². The van der Waals surface area contributed by atoms with Crippen LogP contribution in [0.15, 0.2) is 97.6 Å². The SMILES string of the molecule is C=C(C)c1cccc(-c2cccc(-n3nc(C(=O)O)cc3C(F)(F)F)n2)c1OCc1ccc(-c2ccc(OC)cc2)cc1. The van der Waals surface area contributed by atoms with Crippen molar-refractivity contribution in [3.8, 4) is 39.7 Å². The first-order chi connectivity index (χ1) is 20.5. The van der Waals surface area contributed by atoms with Crippen LogP contribution in [0.3, 0.4) is 0 Å². The van der Waals surface area contributed by atoms with Gasteiger partial charge in [0, 0.05) is 17.2 Å². The number of carbonyl (C=O) groups is 1.